The van der Waals surface area contributed by atoms with Gasteiger partial charge in [-0.3, -0.25) is 20.7 Å². The van der Waals surface area contributed by atoms with E-state index in [4.69, 9.17) is 30.5 Å². The molecule has 0 aliphatic carbocycles. The van der Waals surface area contributed by atoms with Crippen LogP contribution in [0.1, 0.15) is 34.0 Å². The van der Waals surface area contributed by atoms with Crippen LogP contribution >= 0.6 is 0 Å². The van der Waals surface area contributed by atoms with Gasteiger partial charge in [0.25, 0.3) is 11.7 Å². The van der Waals surface area contributed by atoms with Gasteiger partial charge in [0.05, 0.1) is 31.2 Å². The molecule has 5 N–H and O–H groups in total. The lowest BCUT2D eigenvalue weighted by Gasteiger charge is -2.24. The molecule has 4 aromatic carbocycles. The Bertz CT molecular complexity index is 1760. The summed E-state index contributed by atoms with van der Waals surface area (Å²) in [5, 5.41) is 17.6. The fourth-order valence-electron chi connectivity index (χ4n) is 4.72. The molecule has 0 aromatic heterocycles. The largest absolute Gasteiger partial charge is 0.542 e. The number of methoxy groups -OCH3 is 1. The standard InChI is InChI=1S/C35H35N3O4.C2HF3O2/c1-3-42-32-15-8-7-14-29(32)26-17-19-27(20-18-26)34(39)38-31(21-16-24-10-5-4-6-11-24)30(35(40)41-2)23-25-12-9-13-28(22-25)33(36)37;3-2(4,5)1(6)7/h4-22,30-31H,3,23H2,1-2H3,(H3,36,37)(H,38,39);(H,6,7)/b21-16+;/t30-,31-;/m1./s1. The van der Waals surface area contributed by atoms with E-state index in [1.165, 1.54) is 7.11 Å². The normalized spacial score (nSPS) is 12.2. The fourth-order valence-corrected chi connectivity index (χ4v) is 4.72. The monoisotopic (exact) mass is 675 g/mol. The number of carbonyl (C=O) groups is 3. The summed E-state index contributed by atoms with van der Waals surface area (Å²) in [5.74, 6) is -3.52. The summed E-state index contributed by atoms with van der Waals surface area (Å²) >= 11 is 0. The van der Waals surface area contributed by atoms with Crippen LogP contribution in [-0.2, 0) is 20.7 Å². The molecular formula is C37H36F3N3O6. The number of carboxylic acids is 1. The maximum absolute atomic E-state index is 13.5. The Morgan fingerprint density at radius 1 is 0.918 bits per heavy atom. The van der Waals surface area contributed by atoms with E-state index in [2.05, 4.69) is 5.32 Å². The highest BCUT2D eigenvalue weighted by atomic mass is 19.4. The Kier molecular flexibility index (Phi) is 13.7. The zero-order chi connectivity index (χ0) is 36.0. The van der Waals surface area contributed by atoms with Crippen LogP contribution in [0, 0.1) is 5.92 Å². The van der Waals surface area contributed by atoms with E-state index >= 15 is 0 Å². The maximum atomic E-state index is 13.5. The van der Waals surface area contributed by atoms with Crippen LogP contribution in [-0.4, -0.2) is 49.6 Å². The molecule has 256 valence electrons. The molecule has 0 aliphatic heterocycles. The van der Waals surface area contributed by atoms with Crippen LogP contribution in [0.5, 0.6) is 5.75 Å². The number of alkyl halides is 3. The first kappa shape index (κ1) is 37.5. The Labute approximate surface area is 281 Å². The number of benzene rings is 4. The SMILES string of the molecule is CCOc1ccccc1-c1ccc(C(=O)N[C@H](/C=C/c2ccccc2)[C@@H](Cc2cccc(C(N)=[NH2+])c2)C(=O)OC)cc1.O=C([O-])C(F)(F)F. The van der Waals surface area contributed by atoms with Gasteiger partial charge in [0.1, 0.15) is 11.7 Å². The molecule has 12 heteroatoms. The third-order valence-corrected chi connectivity index (χ3v) is 7.12. The molecule has 0 unspecified atom stereocenters. The number of esters is 1. The number of amidine groups is 1. The molecule has 0 saturated heterocycles. The van der Waals surface area contributed by atoms with Gasteiger partial charge in [-0.15, -0.1) is 0 Å². The molecule has 49 heavy (non-hydrogen) atoms. The second kappa shape index (κ2) is 17.9. The van der Waals surface area contributed by atoms with Crippen molar-refractivity contribution in [1.29, 1.82) is 0 Å². The summed E-state index contributed by atoms with van der Waals surface area (Å²) < 4.78 is 42.5. The topological polar surface area (TPSA) is 156 Å². The highest BCUT2D eigenvalue weighted by Crippen LogP contribution is 2.30. The molecule has 2 atom stereocenters. The molecule has 0 saturated carbocycles. The minimum atomic E-state index is -5.19. The first-order valence-electron chi connectivity index (χ1n) is 15.0. The van der Waals surface area contributed by atoms with E-state index in [1.807, 2.05) is 104 Å². The average molecular weight is 676 g/mol. The van der Waals surface area contributed by atoms with Gasteiger partial charge in [0, 0.05) is 11.1 Å². The van der Waals surface area contributed by atoms with Crippen LogP contribution in [0.4, 0.5) is 13.2 Å². The molecule has 0 fully saturated rings. The summed E-state index contributed by atoms with van der Waals surface area (Å²) in [5.41, 5.74) is 10.6. The zero-order valence-electron chi connectivity index (χ0n) is 26.8. The lowest BCUT2D eigenvalue weighted by molar-refractivity contribution is -0.344. The first-order valence-corrected chi connectivity index (χ1v) is 15.0. The lowest BCUT2D eigenvalue weighted by atomic mass is 9.90. The van der Waals surface area contributed by atoms with Crippen molar-refractivity contribution in [2.45, 2.75) is 25.6 Å². The molecule has 0 radical (unpaired) electrons. The van der Waals surface area contributed by atoms with Crippen LogP contribution in [0.15, 0.2) is 109 Å². The van der Waals surface area contributed by atoms with Crippen molar-refractivity contribution in [1.82, 2.24) is 5.32 Å². The Morgan fingerprint density at radius 3 is 2.14 bits per heavy atom. The van der Waals surface area contributed by atoms with E-state index < -0.39 is 30.1 Å². The van der Waals surface area contributed by atoms with Crippen molar-refractivity contribution in [3.8, 4) is 16.9 Å². The molecule has 0 spiro atoms. The third-order valence-electron chi connectivity index (χ3n) is 7.12. The second-order valence-corrected chi connectivity index (χ2v) is 10.6. The Morgan fingerprint density at radius 2 is 1.55 bits per heavy atom. The Balaban J connectivity index is 0.000000838. The molecule has 1 amide bonds. The summed E-state index contributed by atoms with van der Waals surface area (Å²) in [6, 6.07) is 31.5. The molecule has 0 aliphatic rings. The quantitative estimate of drug-likeness (QED) is 0.118. The van der Waals surface area contributed by atoms with Gasteiger partial charge in [-0.1, -0.05) is 84.9 Å². The zero-order valence-corrected chi connectivity index (χ0v) is 26.8. The van der Waals surface area contributed by atoms with Crippen molar-refractivity contribution in [2.75, 3.05) is 13.7 Å². The molecule has 9 nitrogen and oxygen atoms in total. The maximum Gasteiger partial charge on any atom is 0.430 e. The van der Waals surface area contributed by atoms with Gasteiger partial charge in [-0.05, 0) is 60.4 Å². The van der Waals surface area contributed by atoms with E-state index in [0.29, 0.717) is 24.2 Å². The number of hydrogen-bond donors (Lipinski definition) is 3. The minimum absolute atomic E-state index is 0.188. The molecule has 0 heterocycles. The number of para-hydroxylation sites is 1. The van der Waals surface area contributed by atoms with Gasteiger partial charge in [-0.2, -0.15) is 13.2 Å². The second-order valence-electron chi connectivity index (χ2n) is 10.6. The number of ether oxygens (including phenoxy) is 2. The van der Waals surface area contributed by atoms with Crippen molar-refractivity contribution in [3.63, 3.8) is 0 Å². The number of hydrogen-bond acceptors (Lipinski definition) is 6. The molecule has 4 rings (SSSR count). The van der Waals surface area contributed by atoms with Crippen LogP contribution in [0.3, 0.4) is 0 Å². The van der Waals surface area contributed by atoms with Gasteiger partial charge >= 0.3 is 12.1 Å². The predicted molar refractivity (Wildman–Crippen MR) is 177 cm³/mol. The van der Waals surface area contributed by atoms with E-state index in [-0.39, 0.29) is 11.7 Å². The van der Waals surface area contributed by atoms with Gasteiger partial charge in [-0.25, -0.2) is 0 Å². The van der Waals surface area contributed by atoms with E-state index in [1.54, 1.807) is 18.2 Å². The van der Waals surface area contributed by atoms with Gasteiger partial charge in [0.2, 0.25) is 0 Å². The predicted octanol–water partition coefficient (Wildman–Crippen LogP) is 3.36. The van der Waals surface area contributed by atoms with Crippen molar-refractivity contribution < 1.29 is 47.5 Å². The summed E-state index contributed by atoms with van der Waals surface area (Å²) in [6.07, 6.45) is -1.18. The number of carbonyl (C=O) groups excluding carboxylic acids is 3. The number of nitrogens with one attached hydrogen (secondary N) is 1. The number of aliphatic carboxylic acids is 1. The molecular weight excluding hydrogens is 639 g/mol. The Hall–Kier alpha value is -5.91. The van der Waals surface area contributed by atoms with E-state index in [0.717, 1.165) is 28.0 Å². The summed E-state index contributed by atoms with van der Waals surface area (Å²) in [7, 11) is 1.34. The first-order chi connectivity index (χ1) is 23.3. The highest BCUT2D eigenvalue weighted by molar-refractivity contribution is 5.95. The van der Waals surface area contributed by atoms with Crippen LogP contribution < -0.4 is 26.3 Å². The molecule has 4 aromatic rings. The van der Waals surface area contributed by atoms with Crippen molar-refractivity contribution >= 4 is 29.8 Å². The smallest absolute Gasteiger partial charge is 0.430 e. The van der Waals surface area contributed by atoms with Crippen LogP contribution in [0.2, 0.25) is 0 Å². The third kappa shape index (κ3) is 11.4. The van der Waals surface area contributed by atoms with Gasteiger partial charge < -0.3 is 24.7 Å². The highest BCUT2D eigenvalue weighted by Gasteiger charge is 2.30. The summed E-state index contributed by atoms with van der Waals surface area (Å²) in [6.45, 7) is 2.50. The average Bonchev–Trinajstić information content (AvgIpc) is 3.09. The number of rotatable bonds is 12. The number of carboxylic acid groups (broad SMARTS) is 1. The van der Waals surface area contributed by atoms with E-state index in [9.17, 15) is 22.8 Å². The van der Waals surface area contributed by atoms with Gasteiger partial charge in [0.15, 0.2) is 0 Å². The number of nitrogens with two attached hydrogens (primary N) is 2. The molecule has 0 bridgehead atoms. The number of halogens is 3. The number of amides is 1. The summed E-state index contributed by atoms with van der Waals surface area (Å²) in [4.78, 5) is 35.4. The fraction of sp³-hybridized carbons (Fsp3) is 0.189. The van der Waals surface area contributed by atoms with Crippen LogP contribution in [0.25, 0.3) is 17.2 Å². The van der Waals surface area contributed by atoms with Crippen molar-refractivity contribution in [2.24, 2.45) is 11.7 Å². The lowest BCUT2D eigenvalue weighted by Crippen LogP contribution is -2.46. The minimum Gasteiger partial charge on any atom is -0.542 e. The van der Waals surface area contributed by atoms with Crippen molar-refractivity contribution in [3.05, 3.63) is 131 Å².